The fourth-order valence-electron chi connectivity index (χ4n) is 2.84. The van der Waals surface area contributed by atoms with E-state index in [9.17, 15) is 0 Å². The van der Waals surface area contributed by atoms with Gasteiger partial charge in [-0.25, -0.2) is 0 Å². The molecule has 1 aromatic heterocycles. The molecule has 0 atom stereocenters. The SMILES string of the molecule is NCC1CCC(Oc2cccc3cccnc23)CC1. The molecule has 2 N–H and O–H groups in total. The Balaban J connectivity index is 1.75. The Morgan fingerprint density at radius 2 is 1.89 bits per heavy atom. The maximum Gasteiger partial charge on any atom is 0.145 e. The summed E-state index contributed by atoms with van der Waals surface area (Å²) >= 11 is 0. The third-order valence-corrected chi connectivity index (χ3v) is 4.02. The highest BCUT2D eigenvalue weighted by Gasteiger charge is 2.21. The Kier molecular flexibility index (Phi) is 3.65. The molecule has 19 heavy (non-hydrogen) atoms. The molecular formula is C16H20N2O. The van der Waals surface area contributed by atoms with E-state index < -0.39 is 0 Å². The number of aromatic nitrogens is 1. The number of rotatable bonds is 3. The fraction of sp³-hybridized carbons (Fsp3) is 0.438. The van der Waals surface area contributed by atoms with Gasteiger partial charge < -0.3 is 10.5 Å². The maximum atomic E-state index is 6.16. The Bertz CT molecular complexity index is 542. The summed E-state index contributed by atoms with van der Waals surface area (Å²) in [6.07, 6.45) is 6.70. The molecule has 3 rings (SSSR count). The second kappa shape index (κ2) is 5.57. The van der Waals surface area contributed by atoms with E-state index in [1.54, 1.807) is 0 Å². The van der Waals surface area contributed by atoms with Crippen LogP contribution in [-0.4, -0.2) is 17.6 Å². The van der Waals surface area contributed by atoms with Crippen molar-refractivity contribution in [3.8, 4) is 5.75 Å². The minimum atomic E-state index is 0.315. The van der Waals surface area contributed by atoms with Crippen LogP contribution in [-0.2, 0) is 0 Å². The van der Waals surface area contributed by atoms with E-state index in [-0.39, 0.29) is 0 Å². The first-order chi connectivity index (χ1) is 9.36. The highest BCUT2D eigenvalue weighted by atomic mass is 16.5. The van der Waals surface area contributed by atoms with Gasteiger partial charge in [0.15, 0.2) is 0 Å². The van der Waals surface area contributed by atoms with E-state index in [2.05, 4.69) is 17.1 Å². The molecule has 0 spiro atoms. The lowest BCUT2D eigenvalue weighted by Gasteiger charge is -2.28. The Labute approximate surface area is 113 Å². The summed E-state index contributed by atoms with van der Waals surface area (Å²) in [5.41, 5.74) is 6.69. The van der Waals surface area contributed by atoms with Crippen LogP contribution in [0.5, 0.6) is 5.75 Å². The lowest BCUT2D eigenvalue weighted by molar-refractivity contribution is 0.134. The summed E-state index contributed by atoms with van der Waals surface area (Å²) in [7, 11) is 0. The van der Waals surface area contributed by atoms with Crippen molar-refractivity contribution in [3.63, 3.8) is 0 Å². The van der Waals surface area contributed by atoms with Crippen LogP contribution >= 0.6 is 0 Å². The van der Waals surface area contributed by atoms with Crippen LogP contribution in [0.15, 0.2) is 36.5 Å². The topological polar surface area (TPSA) is 48.1 Å². The zero-order valence-electron chi connectivity index (χ0n) is 11.1. The number of ether oxygens (including phenoxy) is 1. The normalized spacial score (nSPS) is 23.4. The molecule has 1 aliphatic rings. The number of hydrogen-bond acceptors (Lipinski definition) is 3. The van der Waals surface area contributed by atoms with E-state index >= 15 is 0 Å². The van der Waals surface area contributed by atoms with Gasteiger partial charge in [-0.15, -0.1) is 0 Å². The summed E-state index contributed by atoms with van der Waals surface area (Å²) < 4.78 is 6.16. The largest absolute Gasteiger partial charge is 0.488 e. The van der Waals surface area contributed by atoms with E-state index in [1.807, 2.05) is 24.4 Å². The number of fused-ring (bicyclic) bond motifs is 1. The molecule has 1 heterocycles. The Morgan fingerprint density at radius 1 is 1.11 bits per heavy atom. The van der Waals surface area contributed by atoms with Crippen molar-refractivity contribution in [1.29, 1.82) is 0 Å². The second-order valence-corrected chi connectivity index (χ2v) is 5.33. The Hall–Kier alpha value is -1.61. The molecule has 0 saturated heterocycles. The number of benzene rings is 1. The van der Waals surface area contributed by atoms with Crippen LogP contribution in [0.1, 0.15) is 25.7 Å². The minimum absolute atomic E-state index is 0.315. The van der Waals surface area contributed by atoms with Gasteiger partial charge in [0.25, 0.3) is 0 Å². The summed E-state index contributed by atoms with van der Waals surface area (Å²) in [5, 5.41) is 1.13. The zero-order valence-corrected chi connectivity index (χ0v) is 11.1. The van der Waals surface area contributed by atoms with Crippen LogP contribution in [0.4, 0.5) is 0 Å². The van der Waals surface area contributed by atoms with Crippen molar-refractivity contribution >= 4 is 10.9 Å². The zero-order chi connectivity index (χ0) is 13.1. The van der Waals surface area contributed by atoms with Crippen LogP contribution in [0.2, 0.25) is 0 Å². The molecule has 0 bridgehead atoms. The number of para-hydroxylation sites is 1. The predicted molar refractivity (Wildman–Crippen MR) is 77.2 cm³/mol. The molecule has 1 aliphatic carbocycles. The van der Waals surface area contributed by atoms with E-state index in [0.717, 1.165) is 36.0 Å². The van der Waals surface area contributed by atoms with Gasteiger partial charge in [0, 0.05) is 11.6 Å². The van der Waals surface area contributed by atoms with Crippen molar-refractivity contribution in [3.05, 3.63) is 36.5 Å². The average Bonchev–Trinajstić information content (AvgIpc) is 2.48. The first kappa shape index (κ1) is 12.4. The molecule has 0 radical (unpaired) electrons. The first-order valence-electron chi connectivity index (χ1n) is 7.07. The minimum Gasteiger partial charge on any atom is -0.488 e. The van der Waals surface area contributed by atoms with Crippen LogP contribution < -0.4 is 10.5 Å². The second-order valence-electron chi connectivity index (χ2n) is 5.33. The molecule has 3 heteroatoms. The van der Waals surface area contributed by atoms with Crippen LogP contribution in [0.25, 0.3) is 10.9 Å². The molecule has 0 aliphatic heterocycles. The van der Waals surface area contributed by atoms with Gasteiger partial charge in [0.1, 0.15) is 11.3 Å². The quantitative estimate of drug-likeness (QED) is 0.917. The molecule has 2 aromatic rings. The van der Waals surface area contributed by atoms with Crippen LogP contribution in [0, 0.1) is 5.92 Å². The first-order valence-corrected chi connectivity index (χ1v) is 7.07. The Morgan fingerprint density at radius 3 is 2.68 bits per heavy atom. The monoisotopic (exact) mass is 256 g/mol. The van der Waals surface area contributed by atoms with Crippen molar-refractivity contribution in [1.82, 2.24) is 4.98 Å². The highest BCUT2D eigenvalue weighted by Crippen LogP contribution is 2.30. The van der Waals surface area contributed by atoms with E-state index in [1.165, 1.54) is 12.8 Å². The predicted octanol–water partition coefficient (Wildman–Crippen LogP) is 3.13. The molecule has 3 nitrogen and oxygen atoms in total. The number of pyridine rings is 1. The molecule has 0 amide bonds. The van der Waals surface area contributed by atoms with E-state index in [4.69, 9.17) is 10.5 Å². The molecular weight excluding hydrogens is 236 g/mol. The van der Waals surface area contributed by atoms with Gasteiger partial charge in [0.05, 0.1) is 6.10 Å². The smallest absolute Gasteiger partial charge is 0.145 e. The van der Waals surface area contributed by atoms with Crippen molar-refractivity contribution < 1.29 is 4.74 Å². The van der Waals surface area contributed by atoms with E-state index in [0.29, 0.717) is 12.0 Å². The van der Waals surface area contributed by atoms with Gasteiger partial charge in [-0.2, -0.15) is 0 Å². The summed E-state index contributed by atoms with van der Waals surface area (Å²) in [5.74, 6) is 1.60. The van der Waals surface area contributed by atoms with Gasteiger partial charge in [0.2, 0.25) is 0 Å². The number of nitrogens with two attached hydrogens (primary N) is 1. The third-order valence-electron chi connectivity index (χ3n) is 4.02. The lowest BCUT2D eigenvalue weighted by Crippen LogP contribution is -2.27. The van der Waals surface area contributed by atoms with Crippen molar-refractivity contribution in [2.75, 3.05) is 6.54 Å². The summed E-state index contributed by atoms with van der Waals surface area (Å²) in [6, 6.07) is 10.1. The van der Waals surface area contributed by atoms with Crippen molar-refractivity contribution in [2.45, 2.75) is 31.8 Å². The van der Waals surface area contributed by atoms with Gasteiger partial charge in [-0.3, -0.25) is 4.98 Å². The fourth-order valence-corrected chi connectivity index (χ4v) is 2.84. The summed E-state index contributed by atoms with van der Waals surface area (Å²) in [6.45, 7) is 0.808. The molecule has 0 unspecified atom stereocenters. The third kappa shape index (κ3) is 2.71. The molecule has 100 valence electrons. The van der Waals surface area contributed by atoms with Gasteiger partial charge >= 0.3 is 0 Å². The average molecular weight is 256 g/mol. The number of nitrogens with zero attached hydrogens (tertiary/aromatic N) is 1. The molecule has 1 fully saturated rings. The van der Waals surface area contributed by atoms with Gasteiger partial charge in [-0.05, 0) is 50.3 Å². The summed E-state index contributed by atoms with van der Waals surface area (Å²) in [4.78, 5) is 4.43. The highest BCUT2D eigenvalue weighted by molar-refractivity contribution is 5.84. The van der Waals surface area contributed by atoms with Gasteiger partial charge in [-0.1, -0.05) is 18.2 Å². The van der Waals surface area contributed by atoms with Crippen molar-refractivity contribution in [2.24, 2.45) is 11.7 Å². The maximum absolute atomic E-state index is 6.16. The lowest BCUT2D eigenvalue weighted by atomic mass is 9.87. The van der Waals surface area contributed by atoms with Crippen LogP contribution in [0.3, 0.4) is 0 Å². The molecule has 1 saturated carbocycles. The number of hydrogen-bond donors (Lipinski definition) is 1. The standard InChI is InChI=1S/C16H20N2O/c17-11-12-6-8-14(9-7-12)19-15-5-1-3-13-4-2-10-18-16(13)15/h1-5,10,12,14H,6-9,11,17H2. The molecule has 1 aromatic carbocycles.